The molecule has 1 fully saturated rings. The molecule has 9 heteroatoms. The molecule has 33 heavy (non-hydrogen) atoms. The number of aryl methyl sites for hydroxylation is 2. The van der Waals surface area contributed by atoms with Crippen LogP contribution in [-0.4, -0.2) is 47.6 Å². The van der Waals surface area contributed by atoms with Crippen molar-refractivity contribution in [3.63, 3.8) is 0 Å². The van der Waals surface area contributed by atoms with Crippen molar-refractivity contribution in [1.82, 2.24) is 14.9 Å². The SMILES string of the molecule is COc1ccccc1-n1c(SCC(=O)NC[C@@H]2CCCO2)nc2sc3c(c2c1=O)CCCC3. The number of nitrogens with zero attached hydrogens (tertiary/aromatic N) is 2. The van der Waals surface area contributed by atoms with E-state index < -0.39 is 0 Å². The summed E-state index contributed by atoms with van der Waals surface area (Å²) in [5.74, 6) is 0.668. The number of para-hydroxylation sites is 2. The van der Waals surface area contributed by atoms with Crippen molar-refractivity contribution >= 4 is 39.2 Å². The zero-order chi connectivity index (χ0) is 22.8. The van der Waals surface area contributed by atoms with E-state index in [9.17, 15) is 9.59 Å². The van der Waals surface area contributed by atoms with Crippen LogP contribution >= 0.6 is 23.1 Å². The van der Waals surface area contributed by atoms with Gasteiger partial charge in [-0.3, -0.25) is 14.2 Å². The van der Waals surface area contributed by atoms with Crippen molar-refractivity contribution in [2.45, 2.75) is 49.8 Å². The minimum atomic E-state index is -0.0955. The molecule has 0 unspecified atom stereocenters. The smallest absolute Gasteiger partial charge is 0.267 e. The van der Waals surface area contributed by atoms with Gasteiger partial charge in [-0.25, -0.2) is 4.98 Å². The van der Waals surface area contributed by atoms with Gasteiger partial charge in [0.15, 0.2) is 5.16 Å². The van der Waals surface area contributed by atoms with E-state index in [-0.39, 0.29) is 23.3 Å². The number of benzene rings is 1. The topological polar surface area (TPSA) is 82.4 Å². The van der Waals surface area contributed by atoms with E-state index in [2.05, 4.69) is 5.32 Å². The third-order valence-electron chi connectivity index (χ3n) is 6.17. The average molecular weight is 486 g/mol. The molecule has 1 aromatic carbocycles. The van der Waals surface area contributed by atoms with Crippen molar-refractivity contribution in [1.29, 1.82) is 0 Å². The Bertz CT molecular complexity index is 1230. The molecule has 5 rings (SSSR count). The molecule has 3 aromatic rings. The molecule has 0 spiro atoms. The lowest BCUT2D eigenvalue weighted by molar-refractivity contribution is -0.119. The fourth-order valence-corrected chi connectivity index (χ4v) is 6.66. The predicted molar refractivity (Wildman–Crippen MR) is 131 cm³/mol. The average Bonchev–Trinajstić information content (AvgIpc) is 3.49. The second-order valence-electron chi connectivity index (χ2n) is 8.33. The van der Waals surface area contributed by atoms with Crippen LogP contribution in [0.25, 0.3) is 15.9 Å². The fourth-order valence-electron chi connectivity index (χ4n) is 4.52. The minimum Gasteiger partial charge on any atom is -0.495 e. The maximum absolute atomic E-state index is 13.8. The molecule has 1 N–H and O–H groups in total. The third kappa shape index (κ3) is 4.54. The Hall–Kier alpha value is -2.36. The standard InChI is InChI=1S/C24H27N3O4S2/c1-30-18-10-4-3-9-17(18)27-23(29)21-16-8-2-5-11-19(16)33-22(21)26-24(27)32-14-20(28)25-13-15-7-6-12-31-15/h3-4,9-10,15H,2,5-8,11-14H2,1H3,(H,25,28)/t15-/m0/s1. The lowest BCUT2D eigenvalue weighted by atomic mass is 9.97. The first kappa shape index (κ1) is 22.4. The number of rotatable bonds is 7. The number of thiophene rings is 1. The fraction of sp³-hybridized carbons (Fsp3) is 0.458. The Morgan fingerprint density at radius 1 is 1.30 bits per heavy atom. The Morgan fingerprint density at radius 2 is 2.15 bits per heavy atom. The van der Waals surface area contributed by atoms with Crippen LogP contribution in [-0.2, 0) is 22.4 Å². The van der Waals surface area contributed by atoms with Crippen LogP contribution in [0.1, 0.15) is 36.1 Å². The van der Waals surface area contributed by atoms with Crippen LogP contribution in [0.5, 0.6) is 5.75 Å². The number of ether oxygens (including phenoxy) is 2. The van der Waals surface area contributed by atoms with Gasteiger partial charge in [0.2, 0.25) is 5.91 Å². The highest BCUT2D eigenvalue weighted by Crippen LogP contribution is 2.36. The van der Waals surface area contributed by atoms with Gasteiger partial charge in [-0.1, -0.05) is 23.9 Å². The number of thioether (sulfide) groups is 1. The monoisotopic (exact) mass is 485 g/mol. The van der Waals surface area contributed by atoms with E-state index in [1.165, 1.54) is 16.6 Å². The predicted octanol–water partition coefficient (Wildman–Crippen LogP) is 3.72. The maximum atomic E-state index is 13.8. The lowest BCUT2D eigenvalue weighted by Crippen LogP contribution is -2.33. The quantitative estimate of drug-likeness (QED) is 0.406. The van der Waals surface area contributed by atoms with Crippen LogP contribution in [0.2, 0.25) is 0 Å². The minimum absolute atomic E-state index is 0.0915. The molecule has 3 heterocycles. The van der Waals surface area contributed by atoms with Crippen LogP contribution in [0.3, 0.4) is 0 Å². The molecule has 1 aliphatic carbocycles. The van der Waals surface area contributed by atoms with Crippen molar-refractivity contribution in [3.8, 4) is 11.4 Å². The van der Waals surface area contributed by atoms with Gasteiger partial charge in [-0.05, 0) is 56.2 Å². The molecule has 2 aliphatic rings. The van der Waals surface area contributed by atoms with Crippen molar-refractivity contribution in [2.24, 2.45) is 0 Å². The molecule has 1 atom stereocenters. The van der Waals surface area contributed by atoms with Gasteiger partial charge >= 0.3 is 0 Å². The summed E-state index contributed by atoms with van der Waals surface area (Å²) in [6.07, 6.45) is 6.26. The van der Waals surface area contributed by atoms with E-state index in [1.807, 2.05) is 24.3 Å². The second kappa shape index (κ2) is 9.87. The zero-order valence-electron chi connectivity index (χ0n) is 18.6. The summed E-state index contributed by atoms with van der Waals surface area (Å²) in [5.41, 5.74) is 1.69. The van der Waals surface area contributed by atoms with E-state index in [0.29, 0.717) is 28.5 Å². The van der Waals surface area contributed by atoms with Crippen molar-refractivity contribution in [3.05, 3.63) is 45.1 Å². The first-order valence-electron chi connectivity index (χ1n) is 11.4. The van der Waals surface area contributed by atoms with E-state index in [1.54, 1.807) is 23.0 Å². The van der Waals surface area contributed by atoms with Gasteiger partial charge in [-0.15, -0.1) is 11.3 Å². The molecule has 0 radical (unpaired) electrons. The number of carbonyl (C=O) groups is 1. The van der Waals surface area contributed by atoms with Gasteiger partial charge in [0.1, 0.15) is 10.6 Å². The summed E-state index contributed by atoms with van der Waals surface area (Å²) in [6, 6.07) is 7.43. The molecular formula is C24H27N3O4S2. The first-order chi connectivity index (χ1) is 16.2. The number of aromatic nitrogens is 2. The Balaban J connectivity index is 1.51. The largest absolute Gasteiger partial charge is 0.495 e. The van der Waals surface area contributed by atoms with E-state index in [0.717, 1.165) is 55.5 Å². The van der Waals surface area contributed by atoms with Crippen LogP contribution < -0.4 is 15.6 Å². The van der Waals surface area contributed by atoms with Gasteiger partial charge < -0.3 is 14.8 Å². The molecule has 1 saturated heterocycles. The lowest BCUT2D eigenvalue weighted by Gasteiger charge is -2.16. The summed E-state index contributed by atoms with van der Waals surface area (Å²) in [6.45, 7) is 1.28. The van der Waals surface area contributed by atoms with E-state index in [4.69, 9.17) is 14.5 Å². The van der Waals surface area contributed by atoms with Gasteiger partial charge in [0.25, 0.3) is 5.56 Å². The molecule has 174 valence electrons. The molecule has 0 bridgehead atoms. The van der Waals surface area contributed by atoms with Gasteiger partial charge in [0, 0.05) is 18.0 Å². The Morgan fingerprint density at radius 3 is 2.97 bits per heavy atom. The molecule has 0 saturated carbocycles. The number of carbonyl (C=O) groups excluding carboxylic acids is 1. The third-order valence-corrected chi connectivity index (χ3v) is 8.29. The molecule has 1 amide bonds. The van der Waals surface area contributed by atoms with Gasteiger partial charge in [0.05, 0.1) is 30.0 Å². The van der Waals surface area contributed by atoms with Crippen LogP contribution in [0.4, 0.5) is 0 Å². The summed E-state index contributed by atoms with van der Waals surface area (Å²) in [5, 5.41) is 4.16. The highest BCUT2D eigenvalue weighted by molar-refractivity contribution is 7.99. The number of methoxy groups -OCH3 is 1. The molecule has 7 nitrogen and oxygen atoms in total. The number of hydrogen-bond acceptors (Lipinski definition) is 7. The van der Waals surface area contributed by atoms with E-state index >= 15 is 0 Å². The van der Waals surface area contributed by atoms with Crippen LogP contribution in [0.15, 0.2) is 34.2 Å². The molecular weight excluding hydrogens is 458 g/mol. The van der Waals surface area contributed by atoms with Gasteiger partial charge in [-0.2, -0.15) is 0 Å². The summed E-state index contributed by atoms with van der Waals surface area (Å²) in [7, 11) is 1.59. The number of fused-ring (bicyclic) bond motifs is 3. The summed E-state index contributed by atoms with van der Waals surface area (Å²) >= 11 is 2.89. The molecule has 1 aliphatic heterocycles. The van der Waals surface area contributed by atoms with Crippen LogP contribution in [0, 0.1) is 0 Å². The maximum Gasteiger partial charge on any atom is 0.267 e. The zero-order valence-corrected chi connectivity index (χ0v) is 20.2. The Labute approximate surface area is 200 Å². The summed E-state index contributed by atoms with van der Waals surface area (Å²) < 4.78 is 12.7. The van der Waals surface area contributed by atoms with Crippen molar-refractivity contribution < 1.29 is 14.3 Å². The highest BCUT2D eigenvalue weighted by Gasteiger charge is 2.24. The molecule has 2 aromatic heterocycles. The normalized spacial score (nSPS) is 17.8. The highest BCUT2D eigenvalue weighted by atomic mass is 32.2. The Kier molecular flexibility index (Phi) is 6.71. The second-order valence-corrected chi connectivity index (χ2v) is 10.4. The number of hydrogen-bond donors (Lipinski definition) is 1. The number of amides is 1. The first-order valence-corrected chi connectivity index (χ1v) is 13.2. The summed E-state index contributed by atoms with van der Waals surface area (Å²) in [4.78, 5) is 33.3. The number of nitrogens with one attached hydrogen (secondary N) is 1. The van der Waals surface area contributed by atoms with Crippen molar-refractivity contribution in [2.75, 3.05) is 26.0 Å².